The third kappa shape index (κ3) is 7.95. The zero-order valence-corrected chi connectivity index (χ0v) is 30.5. The third-order valence-corrected chi connectivity index (χ3v) is 11.9. The third-order valence-electron chi connectivity index (χ3n) is 9.80. The monoisotopic (exact) mass is 690 g/mol. The van der Waals surface area contributed by atoms with E-state index in [0.717, 1.165) is 5.56 Å². The number of ether oxygens (including phenoxy) is 2. The lowest BCUT2D eigenvalue weighted by Gasteiger charge is -2.45. The number of hydrogen-bond acceptors (Lipinski definition) is 9. The first-order valence-electron chi connectivity index (χ1n) is 16.7. The molecule has 16 heteroatoms. The van der Waals surface area contributed by atoms with Gasteiger partial charge in [0.05, 0.1) is 17.2 Å². The van der Waals surface area contributed by atoms with Crippen LogP contribution < -0.4 is 0 Å². The molecule has 4 rings (SSSR count). The van der Waals surface area contributed by atoms with Crippen molar-refractivity contribution < 1.29 is 36.8 Å². The van der Waals surface area contributed by atoms with Crippen molar-refractivity contribution in [2.75, 3.05) is 32.7 Å². The average Bonchev–Trinajstić information content (AvgIpc) is 3.43. The van der Waals surface area contributed by atoms with Crippen molar-refractivity contribution in [2.45, 2.75) is 116 Å². The Morgan fingerprint density at radius 3 is 2.27 bits per heavy atom. The van der Waals surface area contributed by atoms with Crippen molar-refractivity contribution in [1.29, 1.82) is 0 Å². The summed E-state index contributed by atoms with van der Waals surface area (Å²) in [6.45, 7) is 16.7. The molecule has 1 aromatic rings. The summed E-state index contributed by atoms with van der Waals surface area (Å²) in [4.78, 5) is 31.1. The van der Waals surface area contributed by atoms with Gasteiger partial charge in [-0.25, -0.2) is 4.79 Å². The first-order valence-corrected chi connectivity index (χ1v) is 18.1. The molecule has 3 aliphatic heterocycles. The van der Waals surface area contributed by atoms with E-state index in [9.17, 15) is 23.5 Å². The van der Waals surface area contributed by atoms with Gasteiger partial charge in [0.1, 0.15) is 11.7 Å². The largest absolute Gasteiger partial charge is 0.457 e. The van der Waals surface area contributed by atoms with Gasteiger partial charge in [0.15, 0.2) is 5.54 Å². The zero-order chi connectivity index (χ0) is 35.7. The normalized spacial score (nSPS) is 25.0. The number of likely N-dealkylation sites (N-methyl/N-ethyl adjacent to an activating group) is 1. The number of benzene rings is 1. The number of hydrogen-bond donors (Lipinski definition) is 0. The molecule has 0 bridgehead atoms. The van der Waals surface area contributed by atoms with Gasteiger partial charge in [-0.15, -0.1) is 0 Å². The van der Waals surface area contributed by atoms with Crippen molar-refractivity contribution in [3.05, 3.63) is 46.3 Å². The summed E-state index contributed by atoms with van der Waals surface area (Å²) >= 11 is 0. The minimum Gasteiger partial charge on any atom is -0.457 e. The topological polar surface area (TPSA) is 164 Å². The Kier molecular flexibility index (Phi) is 11.2. The van der Waals surface area contributed by atoms with E-state index in [4.69, 9.17) is 18.8 Å². The lowest BCUT2D eigenvalue weighted by molar-refractivity contribution is -0.156. The number of carbonyl (C=O) groups is 2. The van der Waals surface area contributed by atoms with Gasteiger partial charge in [-0.3, -0.25) is 4.79 Å². The van der Waals surface area contributed by atoms with Crippen molar-refractivity contribution in [1.82, 2.24) is 13.5 Å². The first-order chi connectivity index (χ1) is 22.3. The Bertz CT molecular complexity index is 1460. The molecule has 1 amide bonds. The van der Waals surface area contributed by atoms with E-state index in [1.807, 2.05) is 58.0 Å². The van der Waals surface area contributed by atoms with Gasteiger partial charge < -0.3 is 23.7 Å². The number of azide groups is 1. The SMILES string of the molecule is CCN(C1CN(C(=O)OC(C)(C)C)C1)S(=O)(=O)N1C[C@@H](CCCB2OC(C)(C)C(C)(C)O2)[C@@](N=[N+]=[N-])(C(=O)O[C@H](C)c2ccccc2)C1. The predicted molar refractivity (Wildman–Crippen MR) is 181 cm³/mol. The van der Waals surface area contributed by atoms with Crippen LogP contribution in [-0.2, 0) is 33.8 Å². The standard InChI is InChI=1S/C32H51BN6O8S/c1-10-39(26-20-37(21-26)28(41)45-29(3,4)5)48(42,43)38-19-25(17-14-18-33-46-30(6,7)31(8,9)47-33)32(22-38,35-36-34)27(40)44-23(2)24-15-12-11-13-16-24/h11-13,15-16,23,25-26H,10,14,17-22H2,1-9H3/t23-,25-,32-/m1/s1. The molecular formula is C32H51BN6O8S. The molecule has 1 aromatic carbocycles. The number of nitrogens with zero attached hydrogens (tertiary/aromatic N) is 6. The second-order valence-corrected chi connectivity index (χ2v) is 16.8. The molecule has 0 aliphatic carbocycles. The molecule has 0 N–H and O–H groups in total. The maximum absolute atomic E-state index is 14.2. The van der Waals surface area contributed by atoms with Gasteiger partial charge >= 0.3 is 19.2 Å². The van der Waals surface area contributed by atoms with Crippen molar-refractivity contribution in [3.63, 3.8) is 0 Å². The summed E-state index contributed by atoms with van der Waals surface area (Å²) in [7, 11) is -4.63. The van der Waals surface area contributed by atoms with Crippen LogP contribution in [0.2, 0.25) is 6.32 Å². The highest BCUT2D eigenvalue weighted by Crippen LogP contribution is 2.42. The van der Waals surface area contributed by atoms with E-state index in [0.29, 0.717) is 19.2 Å². The van der Waals surface area contributed by atoms with Crippen molar-refractivity contribution >= 4 is 29.4 Å². The Hall–Kier alpha value is -2.88. The Morgan fingerprint density at radius 1 is 1.12 bits per heavy atom. The van der Waals surface area contributed by atoms with E-state index >= 15 is 0 Å². The zero-order valence-electron chi connectivity index (χ0n) is 29.7. The van der Waals surface area contributed by atoms with E-state index in [-0.39, 0.29) is 32.7 Å². The van der Waals surface area contributed by atoms with E-state index in [1.54, 1.807) is 34.6 Å². The highest BCUT2D eigenvalue weighted by atomic mass is 32.2. The van der Waals surface area contributed by atoms with Crippen LogP contribution in [0.5, 0.6) is 0 Å². The fourth-order valence-electron chi connectivity index (χ4n) is 6.37. The average molecular weight is 691 g/mol. The van der Waals surface area contributed by atoms with E-state index < -0.39 is 69.8 Å². The van der Waals surface area contributed by atoms with Crippen LogP contribution in [0, 0.1) is 5.92 Å². The highest BCUT2D eigenvalue weighted by Gasteiger charge is 2.58. The number of amides is 1. The minimum absolute atomic E-state index is 0.0570. The Balaban J connectivity index is 1.56. The lowest BCUT2D eigenvalue weighted by atomic mass is 9.78. The van der Waals surface area contributed by atoms with Crippen LogP contribution in [0.4, 0.5) is 4.79 Å². The van der Waals surface area contributed by atoms with Crippen LogP contribution in [0.3, 0.4) is 0 Å². The van der Waals surface area contributed by atoms with Gasteiger partial charge in [0.2, 0.25) is 0 Å². The maximum atomic E-state index is 14.2. The molecule has 3 heterocycles. The molecule has 3 aliphatic rings. The van der Waals surface area contributed by atoms with Crippen LogP contribution in [-0.4, -0.2) is 102 Å². The van der Waals surface area contributed by atoms with E-state index in [2.05, 4.69) is 10.0 Å². The molecule has 3 fully saturated rings. The number of rotatable bonds is 12. The predicted octanol–water partition coefficient (Wildman–Crippen LogP) is 5.33. The smallest absolute Gasteiger partial charge is 0.457 e. The molecule has 3 atom stereocenters. The molecule has 48 heavy (non-hydrogen) atoms. The quantitative estimate of drug-likeness (QED) is 0.0934. The summed E-state index contributed by atoms with van der Waals surface area (Å²) in [6.07, 6.45) is 0.201. The van der Waals surface area contributed by atoms with Crippen LogP contribution in [0.25, 0.3) is 10.4 Å². The molecule has 3 saturated heterocycles. The summed E-state index contributed by atoms with van der Waals surface area (Å²) in [5.74, 6) is -1.46. The number of carbonyl (C=O) groups excluding carboxylic acids is 2. The molecular weight excluding hydrogens is 639 g/mol. The van der Waals surface area contributed by atoms with Crippen LogP contribution in [0.1, 0.15) is 86.8 Å². The minimum atomic E-state index is -4.16. The van der Waals surface area contributed by atoms with Crippen molar-refractivity contribution in [3.8, 4) is 0 Å². The van der Waals surface area contributed by atoms with Gasteiger partial charge in [-0.1, -0.05) is 48.8 Å². The number of likely N-dealkylation sites (tertiary alicyclic amines) is 1. The fraction of sp³-hybridized carbons (Fsp3) is 0.750. The fourth-order valence-corrected chi connectivity index (χ4v) is 8.23. The summed E-state index contributed by atoms with van der Waals surface area (Å²) in [5.41, 5.74) is 7.00. The molecule has 0 spiro atoms. The second-order valence-electron chi connectivity index (χ2n) is 14.9. The van der Waals surface area contributed by atoms with Crippen molar-refractivity contribution in [2.24, 2.45) is 11.0 Å². The molecule has 0 saturated carbocycles. The van der Waals surface area contributed by atoms with Crippen LogP contribution in [0.15, 0.2) is 35.4 Å². The Labute approximate surface area is 285 Å². The molecule has 14 nitrogen and oxygen atoms in total. The summed E-state index contributed by atoms with van der Waals surface area (Å²) in [5, 5.41) is 4.03. The molecule has 266 valence electrons. The molecule has 0 radical (unpaired) electrons. The maximum Gasteiger partial charge on any atom is 0.457 e. The number of esters is 1. The molecule has 0 unspecified atom stereocenters. The van der Waals surface area contributed by atoms with Gasteiger partial charge in [0.25, 0.3) is 10.2 Å². The summed E-state index contributed by atoms with van der Waals surface area (Å²) in [6, 6.07) is 8.68. The van der Waals surface area contributed by atoms with Crippen LogP contribution >= 0.6 is 0 Å². The van der Waals surface area contributed by atoms with Gasteiger partial charge in [0, 0.05) is 37.6 Å². The van der Waals surface area contributed by atoms with Gasteiger partial charge in [-0.2, -0.15) is 17.0 Å². The molecule has 0 aromatic heterocycles. The second kappa shape index (κ2) is 14.2. The van der Waals surface area contributed by atoms with Gasteiger partial charge in [-0.05, 0) is 85.1 Å². The highest BCUT2D eigenvalue weighted by molar-refractivity contribution is 7.86. The van der Waals surface area contributed by atoms with E-state index in [1.165, 1.54) is 13.5 Å². The summed E-state index contributed by atoms with van der Waals surface area (Å²) < 4.78 is 54.6. The Morgan fingerprint density at radius 2 is 1.73 bits per heavy atom. The first kappa shape index (κ1) is 37.9. The lowest BCUT2D eigenvalue weighted by Crippen LogP contribution is -2.64.